The normalized spacial score (nSPS) is 15.7. The molecule has 0 saturated heterocycles. The molecule has 0 aromatic carbocycles. The maximum Gasteiger partial charge on any atom is 0.224 e. The highest BCUT2D eigenvalue weighted by Gasteiger charge is 2.29. The highest BCUT2D eigenvalue weighted by atomic mass is 32.1. The molecule has 0 atom stereocenters. The molecule has 0 aliphatic heterocycles. The number of allylic oxidation sites excluding steroid dienone is 2. The van der Waals surface area contributed by atoms with Crippen LogP contribution in [0.4, 0.5) is 10.1 Å². The van der Waals surface area contributed by atoms with Crippen LogP contribution >= 0.6 is 22.9 Å². The molecule has 1 fully saturated rings. The van der Waals surface area contributed by atoms with Gasteiger partial charge in [-0.25, -0.2) is 4.99 Å². The van der Waals surface area contributed by atoms with Crippen molar-refractivity contribution in [2.45, 2.75) is 40.0 Å². The molecule has 0 bridgehead atoms. The minimum atomic E-state index is 0.553. The Bertz CT molecular complexity index is 890. The Morgan fingerprint density at radius 3 is 2.59 bits per heavy atom. The lowest BCUT2D eigenvalue weighted by Crippen LogP contribution is -2.08. The van der Waals surface area contributed by atoms with Crippen molar-refractivity contribution in [3.63, 3.8) is 0 Å². The summed E-state index contributed by atoms with van der Waals surface area (Å²) in [6, 6.07) is 0. The van der Waals surface area contributed by atoms with E-state index in [1.54, 1.807) is 7.11 Å². The van der Waals surface area contributed by atoms with Gasteiger partial charge in [-0.2, -0.15) is 9.36 Å². The quantitative estimate of drug-likeness (QED) is 0.556. The molecular formula is C19H27N5OS2. The van der Waals surface area contributed by atoms with Gasteiger partial charge in [0.25, 0.3) is 0 Å². The van der Waals surface area contributed by atoms with Crippen LogP contribution in [-0.4, -0.2) is 36.5 Å². The molecule has 2 N–H and O–H groups in total. The highest BCUT2D eigenvalue weighted by Crippen LogP contribution is 2.42. The summed E-state index contributed by atoms with van der Waals surface area (Å²) >= 11 is 2.87. The molecule has 2 aromatic rings. The van der Waals surface area contributed by atoms with Gasteiger partial charge in [-0.05, 0) is 38.7 Å². The van der Waals surface area contributed by atoms with E-state index >= 15 is 0 Å². The number of hydrogen-bond donors (Lipinski definition) is 1. The number of aliphatic imine (C=N–C) groups is 1. The molecule has 6 nitrogen and oxygen atoms in total. The maximum absolute atomic E-state index is 6.38. The van der Waals surface area contributed by atoms with Crippen molar-refractivity contribution in [2.24, 2.45) is 10.9 Å². The Morgan fingerprint density at radius 1 is 1.37 bits per heavy atom. The van der Waals surface area contributed by atoms with E-state index in [2.05, 4.69) is 23.2 Å². The van der Waals surface area contributed by atoms with Gasteiger partial charge in [-0.1, -0.05) is 12.5 Å². The van der Waals surface area contributed by atoms with Gasteiger partial charge in [0, 0.05) is 37.2 Å². The molecule has 146 valence electrons. The summed E-state index contributed by atoms with van der Waals surface area (Å²) in [5, 5.41) is 1.56. The molecule has 0 radical (unpaired) electrons. The minimum Gasteiger partial charge on any atom is -0.480 e. The number of nitrogens with two attached hydrogens (primary N) is 1. The van der Waals surface area contributed by atoms with Gasteiger partial charge in [-0.3, -0.25) is 0 Å². The lowest BCUT2D eigenvalue weighted by atomic mass is 10.1. The molecule has 1 aliphatic rings. The number of hydrogen-bond acceptors (Lipinski definition) is 8. The zero-order valence-corrected chi connectivity index (χ0v) is 18.4. The van der Waals surface area contributed by atoms with Crippen LogP contribution in [0.5, 0.6) is 0 Å². The lowest BCUT2D eigenvalue weighted by Gasteiger charge is -2.10. The number of aromatic nitrogens is 2. The average Bonchev–Trinajstić information content (AvgIpc) is 3.28. The van der Waals surface area contributed by atoms with E-state index in [9.17, 15) is 0 Å². The summed E-state index contributed by atoms with van der Waals surface area (Å²) in [5.74, 6) is 1.85. The largest absolute Gasteiger partial charge is 0.480 e. The first-order chi connectivity index (χ1) is 12.9. The molecule has 2 aromatic heterocycles. The Balaban J connectivity index is 2.05. The van der Waals surface area contributed by atoms with E-state index in [1.807, 2.05) is 25.9 Å². The Morgan fingerprint density at radius 2 is 2.07 bits per heavy atom. The average molecular weight is 406 g/mol. The summed E-state index contributed by atoms with van der Waals surface area (Å²) in [5.41, 5.74) is 10.7. The number of nitrogen functional groups attached to an aromatic ring is 1. The predicted octanol–water partition coefficient (Wildman–Crippen LogP) is 4.71. The summed E-state index contributed by atoms with van der Waals surface area (Å²) < 4.78 is 10.2. The lowest BCUT2D eigenvalue weighted by molar-refractivity contribution is 0.403. The smallest absolute Gasteiger partial charge is 0.224 e. The topological polar surface area (TPSA) is 76.6 Å². The van der Waals surface area contributed by atoms with Crippen LogP contribution < -0.4 is 10.6 Å². The summed E-state index contributed by atoms with van der Waals surface area (Å²) in [6.07, 6.45) is 3.39. The van der Waals surface area contributed by atoms with Crippen LogP contribution in [0, 0.1) is 12.8 Å². The number of nitrogens with zero attached hydrogens (tertiary/aromatic N) is 4. The molecule has 0 amide bonds. The molecule has 8 heteroatoms. The van der Waals surface area contributed by atoms with Crippen LogP contribution in [0.1, 0.15) is 44.2 Å². The Kier molecular flexibility index (Phi) is 5.86. The van der Waals surface area contributed by atoms with Gasteiger partial charge in [0.15, 0.2) is 5.82 Å². The monoisotopic (exact) mass is 405 g/mol. The molecule has 0 spiro atoms. The third kappa shape index (κ3) is 4.01. The first-order valence-corrected chi connectivity index (χ1v) is 10.7. The predicted molar refractivity (Wildman–Crippen MR) is 116 cm³/mol. The van der Waals surface area contributed by atoms with Gasteiger partial charge in [0.1, 0.15) is 0 Å². The third-order valence-electron chi connectivity index (χ3n) is 4.74. The van der Waals surface area contributed by atoms with Gasteiger partial charge >= 0.3 is 0 Å². The first-order valence-electron chi connectivity index (χ1n) is 9.10. The first kappa shape index (κ1) is 19.8. The molecule has 1 aliphatic carbocycles. The van der Waals surface area contributed by atoms with E-state index in [-0.39, 0.29) is 0 Å². The number of thiophene rings is 1. The van der Waals surface area contributed by atoms with E-state index in [1.165, 1.54) is 41.3 Å². The van der Waals surface area contributed by atoms with Crippen molar-refractivity contribution < 1.29 is 4.74 Å². The number of anilines is 2. The molecule has 1 saturated carbocycles. The van der Waals surface area contributed by atoms with Crippen molar-refractivity contribution in [1.29, 1.82) is 0 Å². The number of ether oxygens (including phenoxy) is 1. The van der Waals surface area contributed by atoms with Crippen molar-refractivity contribution in [1.82, 2.24) is 9.36 Å². The van der Waals surface area contributed by atoms with Gasteiger partial charge in [-0.15, -0.1) is 11.3 Å². The van der Waals surface area contributed by atoms with Crippen LogP contribution in [0.15, 0.2) is 16.3 Å². The van der Waals surface area contributed by atoms with E-state index in [0.717, 1.165) is 33.3 Å². The fourth-order valence-corrected chi connectivity index (χ4v) is 4.54. The maximum atomic E-state index is 6.38. The zero-order chi connectivity index (χ0) is 19.7. The van der Waals surface area contributed by atoms with Crippen molar-refractivity contribution >= 4 is 38.9 Å². The Hall–Kier alpha value is -1.93. The SMILES string of the molecule is CC/C(C)=C(/N=C(OC)c1c(N)sc(-c2nsc(N(C)C)n2)c1C)C1CC1. The number of rotatable bonds is 6. The van der Waals surface area contributed by atoms with Gasteiger partial charge in [0.05, 0.1) is 22.6 Å². The summed E-state index contributed by atoms with van der Waals surface area (Å²) in [4.78, 5) is 12.5. The van der Waals surface area contributed by atoms with Crippen LogP contribution in [0.2, 0.25) is 0 Å². The van der Waals surface area contributed by atoms with Crippen molar-refractivity contribution in [2.75, 3.05) is 31.8 Å². The van der Waals surface area contributed by atoms with Gasteiger partial charge in [0.2, 0.25) is 11.0 Å². The molecule has 0 unspecified atom stereocenters. The molecule has 2 heterocycles. The van der Waals surface area contributed by atoms with E-state index in [0.29, 0.717) is 22.6 Å². The fourth-order valence-electron chi connectivity index (χ4n) is 2.89. The molecule has 3 rings (SSSR count). The third-order valence-corrected chi connectivity index (χ3v) is 6.74. The Labute approximate surface area is 169 Å². The van der Waals surface area contributed by atoms with E-state index < -0.39 is 0 Å². The summed E-state index contributed by atoms with van der Waals surface area (Å²) in [6.45, 7) is 6.36. The molecule has 27 heavy (non-hydrogen) atoms. The fraction of sp³-hybridized carbons (Fsp3) is 0.526. The second-order valence-electron chi connectivity index (χ2n) is 7.00. The van der Waals surface area contributed by atoms with Crippen molar-refractivity contribution in [3.05, 3.63) is 22.4 Å². The van der Waals surface area contributed by atoms with Crippen molar-refractivity contribution in [3.8, 4) is 10.7 Å². The number of methoxy groups -OCH3 is 1. The minimum absolute atomic E-state index is 0.553. The van der Waals surface area contributed by atoms with E-state index in [4.69, 9.17) is 15.5 Å². The summed E-state index contributed by atoms with van der Waals surface area (Å²) in [7, 11) is 5.58. The standard InChI is InChI=1S/C19H27N5OS2/c1-7-10(2)14(12-8-9-12)21-18(25-6)13-11(3)15(26-16(13)20)17-22-19(24(4)5)27-23-17/h12H,7-9,20H2,1-6H3/b14-10+,21-18?. The molecular weight excluding hydrogens is 378 g/mol. The van der Waals surface area contributed by atoms with Crippen LogP contribution in [0.3, 0.4) is 0 Å². The zero-order valence-electron chi connectivity index (χ0n) is 16.8. The van der Waals surface area contributed by atoms with Gasteiger partial charge < -0.3 is 15.4 Å². The second-order valence-corrected chi connectivity index (χ2v) is 8.79. The van der Waals surface area contributed by atoms with Crippen LogP contribution in [-0.2, 0) is 4.74 Å². The highest BCUT2D eigenvalue weighted by molar-refractivity contribution is 7.20. The second kappa shape index (κ2) is 7.98. The van der Waals surface area contributed by atoms with Crippen LogP contribution in [0.25, 0.3) is 10.7 Å².